The Balaban J connectivity index is 1.90. The van der Waals surface area contributed by atoms with E-state index >= 15 is 4.39 Å². The highest BCUT2D eigenvalue weighted by Crippen LogP contribution is 2.42. The van der Waals surface area contributed by atoms with Crippen LogP contribution < -0.4 is 14.4 Å². The number of fused-ring (bicyclic) bond motifs is 2. The molecular formula is C25H20F2N4O3. The van der Waals surface area contributed by atoms with Gasteiger partial charge in [-0.1, -0.05) is 12.0 Å². The molecule has 1 saturated heterocycles. The normalized spacial score (nSPS) is 13.4. The van der Waals surface area contributed by atoms with Crippen LogP contribution in [0.5, 0.6) is 17.6 Å². The van der Waals surface area contributed by atoms with Gasteiger partial charge in [0.1, 0.15) is 34.0 Å². The molecule has 9 heteroatoms. The highest BCUT2D eigenvalue weighted by Gasteiger charge is 2.27. The third-order valence-corrected chi connectivity index (χ3v) is 5.95. The lowest BCUT2D eigenvalue weighted by atomic mass is 9.95. The number of benzene rings is 2. The highest BCUT2D eigenvalue weighted by atomic mass is 19.1. The van der Waals surface area contributed by atoms with Gasteiger partial charge in [-0.05, 0) is 36.4 Å². The number of methoxy groups -OCH3 is 2. The van der Waals surface area contributed by atoms with Crippen molar-refractivity contribution in [1.29, 1.82) is 0 Å². The molecule has 0 radical (unpaired) electrons. The second-order valence-electron chi connectivity index (χ2n) is 7.89. The Morgan fingerprint density at radius 1 is 1.03 bits per heavy atom. The first-order valence-corrected chi connectivity index (χ1v) is 10.6. The molecule has 0 amide bonds. The second kappa shape index (κ2) is 8.30. The van der Waals surface area contributed by atoms with Crippen LogP contribution in [0.2, 0.25) is 0 Å². The molecule has 34 heavy (non-hydrogen) atoms. The van der Waals surface area contributed by atoms with E-state index in [-0.39, 0.29) is 45.4 Å². The summed E-state index contributed by atoms with van der Waals surface area (Å²) < 4.78 is 41.5. The number of anilines is 1. The van der Waals surface area contributed by atoms with Crippen molar-refractivity contribution in [2.24, 2.45) is 0 Å². The lowest BCUT2D eigenvalue weighted by molar-refractivity contribution is 0.380. The van der Waals surface area contributed by atoms with Crippen molar-refractivity contribution in [3.63, 3.8) is 0 Å². The summed E-state index contributed by atoms with van der Waals surface area (Å²) in [6.45, 7) is 1.48. The fourth-order valence-corrected chi connectivity index (χ4v) is 4.43. The first kappa shape index (κ1) is 21.6. The highest BCUT2D eigenvalue weighted by molar-refractivity contribution is 6.04. The molecule has 1 aliphatic heterocycles. The first-order valence-electron chi connectivity index (χ1n) is 10.6. The number of hydrogen-bond donors (Lipinski definition) is 1. The number of aromatic nitrogens is 3. The van der Waals surface area contributed by atoms with E-state index in [9.17, 15) is 9.50 Å². The summed E-state index contributed by atoms with van der Waals surface area (Å²) in [6, 6.07) is 5.36. The van der Waals surface area contributed by atoms with Gasteiger partial charge in [-0.2, -0.15) is 9.97 Å². The number of terminal acetylenes is 1. The predicted molar refractivity (Wildman–Crippen MR) is 124 cm³/mol. The van der Waals surface area contributed by atoms with E-state index in [0.29, 0.717) is 16.6 Å². The zero-order valence-electron chi connectivity index (χ0n) is 18.5. The number of aromatic hydroxyl groups is 1. The van der Waals surface area contributed by atoms with Crippen molar-refractivity contribution in [3.8, 4) is 41.2 Å². The summed E-state index contributed by atoms with van der Waals surface area (Å²) in [5.41, 5.74) is -0.211. The second-order valence-corrected chi connectivity index (χ2v) is 7.89. The van der Waals surface area contributed by atoms with Crippen LogP contribution in [0.3, 0.4) is 0 Å². The SMILES string of the molecule is C#Cc1c(F)ccc2cc(O)cc(-c3nc(OC)c4c(N5CCCC5)nc(OC)nc4c3F)c12. The van der Waals surface area contributed by atoms with E-state index in [2.05, 4.69) is 20.9 Å². The fraction of sp³-hybridized carbons (Fsp3) is 0.240. The van der Waals surface area contributed by atoms with Crippen LogP contribution in [0.4, 0.5) is 14.6 Å². The minimum absolute atomic E-state index is 0.0105. The summed E-state index contributed by atoms with van der Waals surface area (Å²) >= 11 is 0. The molecule has 0 spiro atoms. The maximum atomic E-state index is 16.1. The van der Waals surface area contributed by atoms with Gasteiger partial charge in [-0.25, -0.2) is 13.8 Å². The number of halogens is 2. The van der Waals surface area contributed by atoms with Crippen molar-refractivity contribution < 1.29 is 23.4 Å². The summed E-state index contributed by atoms with van der Waals surface area (Å²) in [5, 5.41) is 11.3. The van der Waals surface area contributed by atoms with Crippen molar-refractivity contribution in [3.05, 3.63) is 41.5 Å². The molecule has 0 atom stereocenters. The maximum Gasteiger partial charge on any atom is 0.318 e. The molecule has 3 heterocycles. The first-order chi connectivity index (χ1) is 16.5. The third-order valence-electron chi connectivity index (χ3n) is 5.95. The van der Waals surface area contributed by atoms with Crippen LogP contribution in [0, 0.1) is 24.0 Å². The zero-order chi connectivity index (χ0) is 24.0. The van der Waals surface area contributed by atoms with Crippen LogP contribution in [0.25, 0.3) is 32.9 Å². The van der Waals surface area contributed by atoms with Gasteiger partial charge >= 0.3 is 6.01 Å². The Labute approximate surface area is 194 Å². The van der Waals surface area contributed by atoms with Gasteiger partial charge < -0.3 is 19.5 Å². The third kappa shape index (κ3) is 3.30. The minimum atomic E-state index is -0.795. The molecule has 2 aromatic carbocycles. The molecule has 7 nitrogen and oxygen atoms in total. The van der Waals surface area contributed by atoms with E-state index in [1.54, 1.807) is 0 Å². The minimum Gasteiger partial charge on any atom is -0.508 e. The van der Waals surface area contributed by atoms with E-state index in [4.69, 9.17) is 15.9 Å². The molecule has 4 aromatic rings. The molecular weight excluding hydrogens is 442 g/mol. The number of nitrogens with zero attached hydrogens (tertiary/aromatic N) is 4. The van der Waals surface area contributed by atoms with Gasteiger partial charge in [0.2, 0.25) is 5.88 Å². The largest absolute Gasteiger partial charge is 0.508 e. The number of pyridine rings is 1. The summed E-state index contributed by atoms with van der Waals surface area (Å²) in [4.78, 5) is 15.1. The van der Waals surface area contributed by atoms with Crippen LogP contribution in [0.1, 0.15) is 18.4 Å². The molecule has 172 valence electrons. The number of hydrogen-bond acceptors (Lipinski definition) is 7. The maximum absolute atomic E-state index is 16.1. The molecule has 1 fully saturated rings. The predicted octanol–water partition coefficient (Wildman–Crippen LogP) is 4.43. The van der Waals surface area contributed by atoms with Gasteiger partial charge in [0.25, 0.3) is 0 Å². The van der Waals surface area contributed by atoms with Gasteiger partial charge in [-0.3, -0.25) is 0 Å². The topological polar surface area (TPSA) is 80.6 Å². The zero-order valence-corrected chi connectivity index (χ0v) is 18.5. The quantitative estimate of drug-likeness (QED) is 0.450. The van der Waals surface area contributed by atoms with Crippen molar-refractivity contribution in [1.82, 2.24) is 15.0 Å². The summed E-state index contributed by atoms with van der Waals surface area (Å²) in [5.74, 6) is 1.28. The van der Waals surface area contributed by atoms with Gasteiger partial charge in [-0.15, -0.1) is 6.42 Å². The number of phenols is 1. The van der Waals surface area contributed by atoms with E-state index in [0.717, 1.165) is 25.9 Å². The average molecular weight is 462 g/mol. The molecule has 0 aliphatic carbocycles. The van der Waals surface area contributed by atoms with Crippen LogP contribution >= 0.6 is 0 Å². The Morgan fingerprint density at radius 2 is 1.79 bits per heavy atom. The van der Waals surface area contributed by atoms with Gasteiger partial charge in [0, 0.05) is 24.0 Å². The van der Waals surface area contributed by atoms with Gasteiger partial charge in [0.05, 0.1) is 19.8 Å². The number of ether oxygens (including phenoxy) is 2. The molecule has 1 aliphatic rings. The Kier molecular flexibility index (Phi) is 5.28. The average Bonchev–Trinajstić information content (AvgIpc) is 3.38. The molecule has 2 aromatic heterocycles. The lowest BCUT2D eigenvalue weighted by Crippen LogP contribution is -2.20. The summed E-state index contributed by atoms with van der Waals surface area (Å²) in [6.07, 6.45) is 7.52. The van der Waals surface area contributed by atoms with Crippen molar-refractivity contribution in [2.45, 2.75) is 12.8 Å². The molecule has 0 bridgehead atoms. The monoisotopic (exact) mass is 462 g/mol. The smallest absolute Gasteiger partial charge is 0.318 e. The molecule has 1 N–H and O–H groups in total. The number of phenolic OH excluding ortho intramolecular Hbond substituents is 1. The standard InChI is InChI=1S/C25H20F2N4O3/c1-4-15-17(26)8-7-13-11-14(32)12-16(18(13)15)21-20(27)22-19(24(28-21)33-2)23(30-25(29-22)34-3)31-9-5-6-10-31/h1,7-8,11-12,32H,5-6,9-10H2,2-3H3. The number of rotatable bonds is 4. The molecule has 0 unspecified atom stereocenters. The lowest BCUT2D eigenvalue weighted by Gasteiger charge is -2.21. The molecule has 5 rings (SSSR count). The van der Waals surface area contributed by atoms with E-state index < -0.39 is 11.6 Å². The van der Waals surface area contributed by atoms with E-state index in [1.165, 1.54) is 38.5 Å². The van der Waals surface area contributed by atoms with Crippen molar-refractivity contribution in [2.75, 3.05) is 32.2 Å². The van der Waals surface area contributed by atoms with Crippen LogP contribution in [0.15, 0.2) is 24.3 Å². The van der Waals surface area contributed by atoms with Crippen LogP contribution in [-0.2, 0) is 0 Å². The fourth-order valence-electron chi connectivity index (χ4n) is 4.43. The van der Waals surface area contributed by atoms with Crippen molar-refractivity contribution >= 4 is 27.5 Å². The summed E-state index contributed by atoms with van der Waals surface area (Å²) in [7, 11) is 2.81. The molecule has 0 saturated carbocycles. The Hall–Kier alpha value is -4.19. The Morgan fingerprint density at radius 3 is 2.47 bits per heavy atom. The Bertz CT molecular complexity index is 1490. The van der Waals surface area contributed by atoms with E-state index in [1.807, 2.05) is 4.90 Å². The van der Waals surface area contributed by atoms with Gasteiger partial charge in [0.15, 0.2) is 5.82 Å². The van der Waals surface area contributed by atoms with Crippen LogP contribution in [-0.4, -0.2) is 47.4 Å².